The lowest BCUT2D eigenvalue weighted by atomic mass is 10.1. The number of aromatic nitrogens is 1. The smallest absolute Gasteiger partial charge is 0.0626 e. The predicted octanol–water partition coefficient (Wildman–Crippen LogP) is 4.41. The van der Waals surface area contributed by atoms with Crippen molar-refractivity contribution in [1.82, 2.24) is 4.98 Å². The second-order valence-corrected chi connectivity index (χ2v) is 4.88. The lowest BCUT2D eigenvalue weighted by Gasteiger charge is -2.10. The van der Waals surface area contributed by atoms with Crippen molar-refractivity contribution in [3.05, 3.63) is 72.1 Å². The van der Waals surface area contributed by atoms with Crippen molar-refractivity contribution >= 4 is 16.5 Å². The summed E-state index contributed by atoms with van der Waals surface area (Å²) in [4.78, 5) is 4.46. The van der Waals surface area contributed by atoms with Gasteiger partial charge in [-0.1, -0.05) is 43.3 Å². The molecule has 0 spiro atoms. The third-order valence-corrected chi connectivity index (χ3v) is 3.57. The van der Waals surface area contributed by atoms with Crippen molar-refractivity contribution in [2.24, 2.45) is 0 Å². The fourth-order valence-corrected chi connectivity index (χ4v) is 2.44. The largest absolute Gasteiger partial charge is 0.379 e. The quantitative estimate of drug-likeness (QED) is 0.753. The summed E-state index contributed by atoms with van der Waals surface area (Å²) in [6, 6.07) is 19.0. The summed E-state index contributed by atoms with van der Waals surface area (Å²) in [5, 5.41) is 5.99. The molecule has 2 aromatic carbocycles. The fourth-order valence-electron chi connectivity index (χ4n) is 2.44. The van der Waals surface area contributed by atoms with Gasteiger partial charge in [0.05, 0.1) is 12.2 Å². The monoisotopic (exact) mass is 262 g/mol. The Morgan fingerprint density at radius 3 is 2.65 bits per heavy atom. The maximum absolute atomic E-state index is 4.46. The lowest BCUT2D eigenvalue weighted by molar-refractivity contribution is 0.972. The van der Waals surface area contributed by atoms with Gasteiger partial charge in [0.15, 0.2) is 0 Å². The lowest BCUT2D eigenvalue weighted by Crippen LogP contribution is -2.04. The molecule has 0 saturated heterocycles. The Morgan fingerprint density at radius 2 is 1.80 bits per heavy atom. The third-order valence-electron chi connectivity index (χ3n) is 3.57. The number of anilines is 1. The van der Waals surface area contributed by atoms with E-state index in [1.807, 2.05) is 12.3 Å². The zero-order valence-electron chi connectivity index (χ0n) is 11.6. The van der Waals surface area contributed by atoms with Crippen LogP contribution in [0.5, 0.6) is 0 Å². The first-order valence-electron chi connectivity index (χ1n) is 7.02. The topological polar surface area (TPSA) is 24.9 Å². The van der Waals surface area contributed by atoms with Gasteiger partial charge in [-0.2, -0.15) is 0 Å². The van der Waals surface area contributed by atoms with Crippen molar-refractivity contribution in [2.45, 2.75) is 19.9 Å². The van der Waals surface area contributed by atoms with Crippen molar-refractivity contribution < 1.29 is 0 Å². The molecule has 1 aromatic heterocycles. The van der Waals surface area contributed by atoms with Gasteiger partial charge in [-0.25, -0.2) is 0 Å². The molecule has 0 aliphatic heterocycles. The van der Waals surface area contributed by atoms with Crippen molar-refractivity contribution in [3.63, 3.8) is 0 Å². The van der Waals surface area contributed by atoms with Crippen molar-refractivity contribution in [3.8, 4) is 0 Å². The van der Waals surface area contributed by atoms with Crippen LogP contribution in [0.1, 0.15) is 18.2 Å². The van der Waals surface area contributed by atoms with Crippen LogP contribution in [-0.2, 0) is 13.0 Å². The molecule has 0 amide bonds. The second-order valence-electron chi connectivity index (χ2n) is 4.88. The number of aryl methyl sites for hydroxylation is 1. The minimum atomic E-state index is 0.766. The van der Waals surface area contributed by atoms with E-state index in [4.69, 9.17) is 0 Å². The summed E-state index contributed by atoms with van der Waals surface area (Å²) >= 11 is 0. The molecule has 0 atom stereocenters. The standard InChI is InChI=1S/C18H18N2/c1-2-14-8-5-11-19-18(14)13-20-17-10-9-15-6-3-4-7-16(15)12-17/h3-12,20H,2,13H2,1H3. The Bertz CT molecular complexity index is 719. The summed E-state index contributed by atoms with van der Waals surface area (Å²) in [5.74, 6) is 0. The highest BCUT2D eigenvalue weighted by molar-refractivity contribution is 5.85. The molecule has 0 aliphatic carbocycles. The van der Waals surface area contributed by atoms with E-state index in [9.17, 15) is 0 Å². The van der Waals surface area contributed by atoms with Gasteiger partial charge < -0.3 is 5.32 Å². The van der Waals surface area contributed by atoms with Gasteiger partial charge in [0.2, 0.25) is 0 Å². The van der Waals surface area contributed by atoms with E-state index in [2.05, 4.69) is 65.8 Å². The van der Waals surface area contributed by atoms with Crippen LogP contribution in [0.2, 0.25) is 0 Å². The summed E-state index contributed by atoms with van der Waals surface area (Å²) in [6.45, 7) is 2.93. The second kappa shape index (κ2) is 5.74. The van der Waals surface area contributed by atoms with E-state index in [-0.39, 0.29) is 0 Å². The molecular weight excluding hydrogens is 244 g/mol. The minimum Gasteiger partial charge on any atom is -0.379 e. The molecule has 3 aromatic rings. The van der Waals surface area contributed by atoms with Crippen LogP contribution >= 0.6 is 0 Å². The van der Waals surface area contributed by atoms with Crippen LogP contribution in [0.3, 0.4) is 0 Å². The molecule has 1 heterocycles. The number of fused-ring (bicyclic) bond motifs is 1. The maximum Gasteiger partial charge on any atom is 0.0626 e. The Morgan fingerprint density at radius 1 is 0.950 bits per heavy atom. The summed E-state index contributed by atoms with van der Waals surface area (Å²) in [7, 11) is 0. The SMILES string of the molecule is CCc1cccnc1CNc1ccc2ccccc2c1. The van der Waals surface area contributed by atoms with Gasteiger partial charge in [0.1, 0.15) is 0 Å². The van der Waals surface area contributed by atoms with Crippen LogP contribution in [-0.4, -0.2) is 4.98 Å². The first-order valence-corrected chi connectivity index (χ1v) is 7.02. The normalized spacial score (nSPS) is 10.7. The Kier molecular flexibility index (Phi) is 3.64. The van der Waals surface area contributed by atoms with Crippen LogP contribution in [0.25, 0.3) is 10.8 Å². The van der Waals surface area contributed by atoms with Crippen molar-refractivity contribution in [2.75, 3.05) is 5.32 Å². The molecule has 100 valence electrons. The van der Waals surface area contributed by atoms with E-state index in [1.165, 1.54) is 16.3 Å². The first-order chi connectivity index (χ1) is 9.86. The van der Waals surface area contributed by atoms with Crippen LogP contribution < -0.4 is 5.32 Å². The number of rotatable bonds is 4. The van der Waals surface area contributed by atoms with Gasteiger partial charge in [0.25, 0.3) is 0 Å². The number of pyridine rings is 1. The molecule has 0 bridgehead atoms. The average Bonchev–Trinajstić information content (AvgIpc) is 2.53. The molecule has 3 rings (SSSR count). The van der Waals surface area contributed by atoms with E-state index in [0.29, 0.717) is 0 Å². The molecular formula is C18H18N2. The molecule has 1 N–H and O–H groups in total. The molecule has 2 heteroatoms. The highest BCUT2D eigenvalue weighted by Crippen LogP contribution is 2.19. The molecule has 0 aliphatic rings. The van der Waals surface area contributed by atoms with Crippen LogP contribution in [0.4, 0.5) is 5.69 Å². The molecule has 20 heavy (non-hydrogen) atoms. The zero-order chi connectivity index (χ0) is 13.8. The van der Waals surface area contributed by atoms with Gasteiger partial charge in [-0.15, -0.1) is 0 Å². The summed E-state index contributed by atoms with van der Waals surface area (Å²) in [5.41, 5.74) is 3.57. The predicted molar refractivity (Wildman–Crippen MR) is 84.9 cm³/mol. The number of nitrogens with one attached hydrogen (secondary N) is 1. The van der Waals surface area contributed by atoms with Crippen LogP contribution in [0, 0.1) is 0 Å². The Labute approximate surface area is 119 Å². The molecule has 0 fully saturated rings. The summed E-state index contributed by atoms with van der Waals surface area (Å²) < 4.78 is 0. The van der Waals surface area contributed by atoms with Gasteiger partial charge in [-0.3, -0.25) is 4.98 Å². The van der Waals surface area contributed by atoms with E-state index in [1.54, 1.807) is 0 Å². The van der Waals surface area contributed by atoms with E-state index in [0.717, 1.165) is 24.3 Å². The Balaban J connectivity index is 1.79. The molecule has 0 unspecified atom stereocenters. The van der Waals surface area contributed by atoms with Gasteiger partial charge >= 0.3 is 0 Å². The Hall–Kier alpha value is -2.35. The fraction of sp³-hybridized carbons (Fsp3) is 0.167. The number of hydrogen-bond acceptors (Lipinski definition) is 2. The van der Waals surface area contributed by atoms with Crippen molar-refractivity contribution in [1.29, 1.82) is 0 Å². The third kappa shape index (κ3) is 2.64. The minimum absolute atomic E-state index is 0.766. The van der Waals surface area contributed by atoms with Crippen LogP contribution in [0.15, 0.2) is 60.8 Å². The number of benzene rings is 2. The molecule has 0 saturated carbocycles. The highest BCUT2D eigenvalue weighted by Gasteiger charge is 2.01. The number of nitrogens with zero attached hydrogens (tertiary/aromatic N) is 1. The number of hydrogen-bond donors (Lipinski definition) is 1. The van der Waals surface area contributed by atoms with Gasteiger partial charge in [0, 0.05) is 11.9 Å². The average molecular weight is 262 g/mol. The highest BCUT2D eigenvalue weighted by atomic mass is 14.9. The molecule has 0 radical (unpaired) electrons. The van der Waals surface area contributed by atoms with Gasteiger partial charge in [-0.05, 0) is 41.0 Å². The van der Waals surface area contributed by atoms with E-state index >= 15 is 0 Å². The summed E-state index contributed by atoms with van der Waals surface area (Å²) in [6.07, 6.45) is 2.87. The first kappa shape index (κ1) is 12.7. The maximum atomic E-state index is 4.46. The zero-order valence-corrected chi connectivity index (χ0v) is 11.6. The molecule has 2 nitrogen and oxygen atoms in total. The van der Waals surface area contributed by atoms with E-state index < -0.39 is 0 Å².